The molecule has 1 aliphatic rings. The van der Waals surface area contributed by atoms with Crippen LogP contribution in [0.3, 0.4) is 0 Å². The van der Waals surface area contributed by atoms with Crippen molar-refractivity contribution in [3.05, 3.63) is 23.9 Å². The Kier molecular flexibility index (Phi) is 5.99. The first-order valence-corrected chi connectivity index (χ1v) is 7.71. The van der Waals surface area contributed by atoms with Crippen LogP contribution in [0.5, 0.6) is 5.88 Å². The maximum absolute atomic E-state index is 12.1. The highest BCUT2D eigenvalue weighted by atomic mass is 16.5. The van der Waals surface area contributed by atoms with Gasteiger partial charge in [0.2, 0.25) is 11.8 Å². The Morgan fingerprint density at radius 3 is 2.76 bits per heavy atom. The smallest absolute Gasteiger partial charge is 0.237 e. The van der Waals surface area contributed by atoms with E-state index in [0.717, 1.165) is 18.4 Å². The summed E-state index contributed by atoms with van der Waals surface area (Å²) < 4.78 is 5.02. The van der Waals surface area contributed by atoms with E-state index >= 15 is 0 Å². The Morgan fingerprint density at radius 1 is 1.38 bits per heavy atom. The molecule has 1 aromatic rings. The lowest BCUT2D eigenvalue weighted by atomic mass is 9.95. The Hall–Kier alpha value is -1.62. The third-order valence-corrected chi connectivity index (χ3v) is 3.96. The van der Waals surface area contributed by atoms with Crippen LogP contribution in [0.1, 0.15) is 44.6 Å². The van der Waals surface area contributed by atoms with Gasteiger partial charge in [0.15, 0.2) is 0 Å². The van der Waals surface area contributed by atoms with E-state index in [-0.39, 0.29) is 11.9 Å². The lowest BCUT2D eigenvalue weighted by Gasteiger charge is -2.24. The van der Waals surface area contributed by atoms with Crippen LogP contribution < -0.4 is 15.4 Å². The quantitative estimate of drug-likeness (QED) is 0.841. The molecule has 0 aliphatic heterocycles. The number of amides is 1. The van der Waals surface area contributed by atoms with Gasteiger partial charge in [-0.25, -0.2) is 4.98 Å². The summed E-state index contributed by atoms with van der Waals surface area (Å²) in [6.45, 7) is 2.52. The number of ether oxygens (including phenoxy) is 1. The summed E-state index contributed by atoms with van der Waals surface area (Å²) in [6.07, 6.45) is 7.73. The van der Waals surface area contributed by atoms with Gasteiger partial charge < -0.3 is 15.4 Å². The fourth-order valence-electron chi connectivity index (χ4n) is 2.57. The summed E-state index contributed by atoms with van der Waals surface area (Å²) >= 11 is 0. The summed E-state index contributed by atoms with van der Waals surface area (Å²) in [5.74, 6) is 0.685. The minimum Gasteiger partial charge on any atom is -0.481 e. The van der Waals surface area contributed by atoms with Gasteiger partial charge in [-0.15, -0.1) is 0 Å². The second kappa shape index (κ2) is 7.98. The van der Waals surface area contributed by atoms with E-state index in [2.05, 4.69) is 15.6 Å². The fourth-order valence-corrected chi connectivity index (χ4v) is 2.57. The number of hydrogen-bond acceptors (Lipinski definition) is 4. The minimum atomic E-state index is -0.200. The Morgan fingerprint density at radius 2 is 2.14 bits per heavy atom. The fraction of sp³-hybridized carbons (Fsp3) is 0.625. The molecule has 0 bridgehead atoms. The van der Waals surface area contributed by atoms with Crippen LogP contribution in [0.2, 0.25) is 0 Å². The number of hydrogen-bond donors (Lipinski definition) is 2. The molecule has 0 spiro atoms. The highest BCUT2D eigenvalue weighted by molar-refractivity contribution is 5.81. The minimum absolute atomic E-state index is 0.0865. The van der Waals surface area contributed by atoms with Gasteiger partial charge in [0.25, 0.3) is 0 Å². The summed E-state index contributed by atoms with van der Waals surface area (Å²) in [4.78, 5) is 16.3. The van der Waals surface area contributed by atoms with Crippen molar-refractivity contribution in [2.75, 3.05) is 7.11 Å². The van der Waals surface area contributed by atoms with Crippen LogP contribution in [0.25, 0.3) is 0 Å². The van der Waals surface area contributed by atoms with Crippen molar-refractivity contribution in [3.63, 3.8) is 0 Å². The molecule has 1 aromatic heterocycles. The monoisotopic (exact) mass is 291 g/mol. The van der Waals surface area contributed by atoms with Crippen molar-refractivity contribution in [3.8, 4) is 5.88 Å². The van der Waals surface area contributed by atoms with Gasteiger partial charge in [0, 0.05) is 24.8 Å². The van der Waals surface area contributed by atoms with Crippen LogP contribution >= 0.6 is 0 Å². The molecule has 0 radical (unpaired) electrons. The zero-order chi connectivity index (χ0) is 15.1. The summed E-state index contributed by atoms with van der Waals surface area (Å²) in [5, 5.41) is 6.37. The largest absolute Gasteiger partial charge is 0.481 e. The third-order valence-electron chi connectivity index (χ3n) is 3.96. The highest BCUT2D eigenvalue weighted by Crippen LogP contribution is 2.17. The second-order valence-electron chi connectivity index (χ2n) is 5.65. The molecular weight excluding hydrogens is 266 g/mol. The van der Waals surface area contributed by atoms with Crippen molar-refractivity contribution in [1.82, 2.24) is 15.6 Å². The van der Waals surface area contributed by atoms with E-state index in [1.165, 1.54) is 19.3 Å². The molecule has 1 unspecified atom stereocenters. The Labute approximate surface area is 126 Å². The van der Waals surface area contributed by atoms with Crippen molar-refractivity contribution in [2.45, 2.75) is 57.7 Å². The van der Waals surface area contributed by atoms with Crippen molar-refractivity contribution in [2.24, 2.45) is 0 Å². The van der Waals surface area contributed by atoms with Crippen molar-refractivity contribution in [1.29, 1.82) is 0 Å². The molecule has 0 saturated heterocycles. The second-order valence-corrected chi connectivity index (χ2v) is 5.65. The van der Waals surface area contributed by atoms with Crippen LogP contribution in [0.15, 0.2) is 18.3 Å². The van der Waals surface area contributed by atoms with Gasteiger partial charge >= 0.3 is 0 Å². The number of carbonyl (C=O) groups is 1. The molecule has 1 saturated carbocycles. The molecule has 1 atom stereocenters. The molecule has 5 nitrogen and oxygen atoms in total. The van der Waals surface area contributed by atoms with E-state index in [0.29, 0.717) is 18.5 Å². The molecule has 1 amide bonds. The van der Waals surface area contributed by atoms with E-state index in [9.17, 15) is 4.79 Å². The van der Waals surface area contributed by atoms with Gasteiger partial charge in [0.1, 0.15) is 0 Å². The standard InChI is InChI=1S/C16H25N3O2/c1-12(16(20)19-14-6-4-3-5-7-14)17-10-13-8-9-15(21-2)18-11-13/h8-9,11-12,14,17H,3-7,10H2,1-2H3,(H,19,20). The van der Waals surface area contributed by atoms with Gasteiger partial charge in [0.05, 0.1) is 13.2 Å². The van der Waals surface area contributed by atoms with Gasteiger partial charge in [-0.05, 0) is 25.3 Å². The van der Waals surface area contributed by atoms with E-state index in [1.54, 1.807) is 13.3 Å². The summed E-state index contributed by atoms with van der Waals surface area (Å²) in [7, 11) is 1.60. The van der Waals surface area contributed by atoms with Crippen molar-refractivity contribution >= 4 is 5.91 Å². The molecule has 0 aromatic carbocycles. The molecule has 21 heavy (non-hydrogen) atoms. The predicted molar refractivity (Wildman–Crippen MR) is 82.1 cm³/mol. The highest BCUT2D eigenvalue weighted by Gasteiger charge is 2.19. The zero-order valence-corrected chi connectivity index (χ0v) is 12.9. The molecule has 2 N–H and O–H groups in total. The van der Waals surface area contributed by atoms with Crippen LogP contribution in [-0.4, -0.2) is 30.1 Å². The number of carbonyl (C=O) groups excluding carboxylic acids is 1. The summed E-state index contributed by atoms with van der Waals surface area (Å²) in [6, 6.07) is 3.93. The Balaban J connectivity index is 1.74. The lowest BCUT2D eigenvalue weighted by molar-refractivity contribution is -0.123. The molecule has 1 aliphatic carbocycles. The van der Waals surface area contributed by atoms with Gasteiger partial charge in [-0.2, -0.15) is 0 Å². The molecule has 116 valence electrons. The SMILES string of the molecule is COc1ccc(CNC(C)C(=O)NC2CCCCC2)cn1. The van der Waals surface area contributed by atoms with E-state index in [1.807, 2.05) is 19.1 Å². The maximum Gasteiger partial charge on any atom is 0.237 e. The number of rotatable bonds is 6. The average Bonchev–Trinajstić information content (AvgIpc) is 2.54. The topological polar surface area (TPSA) is 63.2 Å². The molecule has 5 heteroatoms. The molecule has 2 rings (SSSR count). The molecule has 1 fully saturated rings. The number of pyridine rings is 1. The van der Waals surface area contributed by atoms with Gasteiger partial charge in [-0.3, -0.25) is 4.79 Å². The zero-order valence-electron chi connectivity index (χ0n) is 12.9. The maximum atomic E-state index is 12.1. The summed E-state index contributed by atoms with van der Waals surface area (Å²) in [5.41, 5.74) is 1.04. The van der Waals surface area contributed by atoms with Gasteiger partial charge in [-0.1, -0.05) is 25.3 Å². The van der Waals surface area contributed by atoms with Crippen LogP contribution in [0.4, 0.5) is 0 Å². The first-order chi connectivity index (χ1) is 10.2. The average molecular weight is 291 g/mol. The van der Waals surface area contributed by atoms with Crippen LogP contribution in [0, 0.1) is 0 Å². The third kappa shape index (κ3) is 5.01. The van der Waals surface area contributed by atoms with Crippen molar-refractivity contribution < 1.29 is 9.53 Å². The first kappa shape index (κ1) is 15.8. The lowest BCUT2D eigenvalue weighted by Crippen LogP contribution is -2.46. The Bertz CT molecular complexity index is 441. The van der Waals surface area contributed by atoms with E-state index < -0.39 is 0 Å². The predicted octanol–water partition coefficient (Wildman–Crippen LogP) is 2.02. The molecular formula is C16H25N3O2. The normalized spacial score (nSPS) is 17.2. The first-order valence-electron chi connectivity index (χ1n) is 7.71. The molecule has 1 heterocycles. The number of aromatic nitrogens is 1. The van der Waals surface area contributed by atoms with Crippen LogP contribution in [-0.2, 0) is 11.3 Å². The van der Waals surface area contributed by atoms with E-state index in [4.69, 9.17) is 4.74 Å². The number of nitrogens with zero attached hydrogens (tertiary/aromatic N) is 1. The number of methoxy groups -OCH3 is 1. The number of nitrogens with one attached hydrogen (secondary N) is 2.